The van der Waals surface area contributed by atoms with Gasteiger partial charge in [0, 0.05) is 18.8 Å². The molecular weight excluding hydrogens is 233 g/mol. The maximum Gasteiger partial charge on any atom is 0.242 e. The molecule has 0 spiro atoms. The molecule has 3 rings (SSSR count). The first-order valence-corrected chi connectivity index (χ1v) is 6.43. The molecule has 1 aromatic heterocycles. The van der Waals surface area contributed by atoms with Crippen LogP contribution in [-0.2, 0) is 4.79 Å². The number of carbonyl (C=O) groups is 1. The first kappa shape index (κ1) is 11.4. The standard InChI is InChI=1S/C13H16FN3O/c14-10-3-1-7-15-12(10)17-8-2-4-11(17)13(18)16-9-5-6-9/h1,3,7,9,11H,2,4-6,8H2,(H,16,18)/t11-/m0/s1. The van der Waals surface area contributed by atoms with E-state index < -0.39 is 0 Å². The van der Waals surface area contributed by atoms with Gasteiger partial charge in [0.15, 0.2) is 11.6 Å². The first-order chi connectivity index (χ1) is 8.75. The lowest BCUT2D eigenvalue weighted by Crippen LogP contribution is -2.44. The van der Waals surface area contributed by atoms with E-state index in [0.29, 0.717) is 18.4 Å². The number of nitrogens with zero attached hydrogens (tertiary/aromatic N) is 2. The Morgan fingerprint density at radius 2 is 2.28 bits per heavy atom. The van der Waals surface area contributed by atoms with Gasteiger partial charge in [-0.1, -0.05) is 0 Å². The molecule has 96 valence electrons. The molecule has 1 aliphatic carbocycles. The van der Waals surface area contributed by atoms with Crippen molar-refractivity contribution in [1.29, 1.82) is 0 Å². The van der Waals surface area contributed by atoms with E-state index >= 15 is 0 Å². The fourth-order valence-corrected chi connectivity index (χ4v) is 2.41. The van der Waals surface area contributed by atoms with Crippen molar-refractivity contribution in [3.63, 3.8) is 0 Å². The minimum absolute atomic E-state index is 0.0139. The molecule has 2 fully saturated rings. The summed E-state index contributed by atoms with van der Waals surface area (Å²) >= 11 is 0. The summed E-state index contributed by atoms with van der Waals surface area (Å²) < 4.78 is 13.7. The van der Waals surface area contributed by atoms with Crippen LogP contribution < -0.4 is 10.2 Å². The molecule has 0 bridgehead atoms. The highest BCUT2D eigenvalue weighted by Crippen LogP contribution is 2.27. The molecule has 1 amide bonds. The summed E-state index contributed by atoms with van der Waals surface area (Å²) in [5.74, 6) is -0.0466. The van der Waals surface area contributed by atoms with Gasteiger partial charge in [0.05, 0.1) is 0 Å². The predicted molar refractivity (Wildman–Crippen MR) is 65.7 cm³/mol. The Hall–Kier alpha value is -1.65. The second-order valence-electron chi connectivity index (χ2n) is 4.94. The molecule has 2 heterocycles. The molecule has 0 aromatic carbocycles. The van der Waals surface area contributed by atoms with Crippen molar-refractivity contribution in [3.8, 4) is 0 Å². The molecule has 5 heteroatoms. The van der Waals surface area contributed by atoms with E-state index in [1.54, 1.807) is 17.2 Å². The highest BCUT2D eigenvalue weighted by atomic mass is 19.1. The monoisotopic (exact) mass is 249 g/mol. The van der Waals surface area contributed by atoms with E-state index in [4.69, 9.17) is 0 Å². The van der Waals surface area contributed by atoms with Crippen LogP contribution >= 0.6 is 0 Å². The van der Waals surface area contributed by atoms with Gasteiger partial charge in [-0.15, -0.1) is 0 Å². The van der Waals surface area contributed by atoms with E-state index in [1.807, 2.05) is 0 Å². The van der Waals surface area contributed by atoms with E-state index in [9.17, 15) is 9.18 Å². The number of carbonyl (C=O) groups excluding carboxylic acids is 1. The third-order valence-corrected chi connectivity index (χ3v) is 3.49. The van der Waals surface area contributed by atoms with E-state index in [1.165, 1.54) is 6.07 Å². The number of hydrogen-bond acceptors (Lipinski definition) is 3. The average molecular weight is 249 g/mol. The van der Waals surface area contributed by atoms with Crippen LogP contribution in [0, 0.1) is 5.82 Å². The number of hydrogen-bond donors (Lipinski definition) is 1. The molecule has 18 heavy (non-hydrogen) atoms. The normalized spacial score (nSPS) is 23.2. The van der Waals surface area contributed by atoms with E-state index in [2.05, 4.69) is 10.3 Å². The van der Waals surface area contributed by atoms with Crippen molar-refractivity contribution in [3.05, 3.63) is 24.1 Å². The van der Waals surface area contributed by atoms with Crippen LogP contribution in [0.15, 0.2) is 18.3 Å². The van der Waals surface area contributed by atoms with Crippen LogP contribution in [0.25, 0.3) is 0 Å². The van der Waals surface area contributed by atoms with Crippen molar-refractivity contribution in [1.82, 2.24) is 10.3 Å². The Balaban J connectivity index is 1.78. The zero-order valence-corrected chi connectivity index (χ0v) is 10.1. The molecule has 0 radical (unpaired) electrons. The number of amides is 1. The number of aromatic nitrogens is 1. The maximum atomic E-state index is 13.7. The number of pyridine rings is 1. The second kappa shape index (κ2) is 4.55. The minimum Gasteiger partial charge on any atom is -0.352 e. The van der Waals surface area contributed by atoms with Gasteiger partial charge < -0.3 is 10.2 Å². The Bertz CT molecular complexity index is 461. The van der Waals surface area contributed by atoms with Gasteiger partial charge >= 0.3 is 0 Å². The highest BCUT2D eigenvalue weighted by molar-refractivity contribution is 5.86. The summed E-state index contributed by atoms with van der Waals surface area (Å²) in [7, 11) is 0. The van der Waals surface area contributed by atoms with Crippen molar-refractivity contribution in [2.24, 2.45) is 0 Å². The lowest BCUT2D eigenvalue weighted by Gasteiger charge is -2.25. The zero-order valence-electron chi connectivity index (χ0n) is 10.1. The van der Waals surface area contributed by atoms with Crippen LogP contribution in [0.4, 0.5) is 10.2 Å². The van der Waals surface area contributed by atoms with Gasteiger partial charge in [-0.2, -0.15) is 0 Å². The first-order valence-electron chi connectivity index (χ1n) is 6.43. The smallest absolute Gasteiger partial charge is 0.242 e. The SMILES string of the molecule is O=C(NC1CC1)[C@@H]1CCCN1c1ncccc1F. The molecule has 1 aliphatic heterocycles. The maximum absolute atomic E-state index is 13.7. The molecular formula is C13H16FN3O. The Morgan fingerprint density at radius 1 is 1.44 bits per heavy atom. The third kappa shape index (κ3) is 2.17. The van der Waals surface area contributed by atoms with Gasteiger partial charge in [-0.3, -0.25) is 4.79 Å². The number of rotatable bonds is 3. The summed E-state index contributed by atoms with van der Waals surface area (Å²) in [5, 5.41) is 2.98. The molecule has 1 N–H and O–H groups in total. The van der Waals surface area contributed by atoms with E-state index in [0.717, 1.165) is 25.7 Å². The summed E-state index contributed by atoms with van der Waals surface area (Å²) in [6.07, 6.45) is 5.37. The van der Waals surface area contributed by atoms with Crippen molar-refractivity contribution in [2.75, 3.05) is 11.4 Å². The summed E-state index contributed by atoms with van der Waals surface area (Å²) in [4.78, 5) is 17.9. The van der Waals surface area contributed by atoms with Crippen molar-refractivity contribution < 1.29 is 9.18 Å². The summed E-state index contributed by atoms with van der Waals surface area (Å²) in [6, 6.07) is 3.02. The Labute approximate surface area is 105 Å². The largest absolute Gasteiger partial charge is 0.352 e. The molecule has 1 atom stereocenters. The van der Waals surface area contributed by atoms with Crippen molar-refractivity contribution in [2.45, 2.75) is 37.8 Å². The summed E-state index contributed by atoms with van der Waals surface area (Å²) in [6.45, 7) is 0.691. The van der Waals surface area contributed by atoms with Gasteiger partial charge in [-0.25, -0.2) is 9.37 Å². The minimum atomic E-state index is -0.358. The third-order valence-electron chi connectivity index (χ3n) is 3.49. The second-order valence-corrected chi connectivity index (χ2v) is 4.94. The van der Waals surface area contributed by atoms with Gasteiger partial charge in [0.2, 0.25) is 5.91 Å². The fraction of sp³-hybridized carbons (Fsp3) is 0.538. The van der Waals surface area contributed by atoms with Crippen LogP contribution in [0.5, 0.6) is 0 Å². The lowest BCUT2D eigenvalue weighted by molar-refractivity contribution is -0.122. The van der Waals surface area contributed by atoms with Gasteiger partial charge in [0.25, 0.3) is 0 Å². The highest BCUT2D eigenvalue weighted by Gasteiger charge is 2.35. The summed E-state index contributed by atoms with van der Waals surface area (Å²) in [5.41, 5.74) is 0. The number of halogens is 1. The predicted octanol–water partition coefficient (Wildman–Crippen LogP) is 1.47. The van der Waals surface area contributed by atoms with Gasteiger partial charge in [-0.05, 0) is 37.8 Å². The zero-order chi connectivity index (χ0) is 12.5. The Kier molecular flexibility index (Phi) is 2.89. The molecule has 1 saturated heterocycles. The van der Waals surface area contributed by atoms with Crippen LogP contribution in [-0.4, -0.2) is 29.5 Å². The number of nitrogens with one attached hydrogen (secondary N) is 1. The topological polar surface area (TPSA) is 45.2 Å². The van der Waals surface area contributed by atoms with Crippen LogP contribution in [0.2, 0.25) is 0 Å². The molecule has 0 unspecified atom stereocenters. The molecule has 1 saturated carbocycles. The lowest BCUT2D eigenvalue weighted by atomic mass is 10.2. The molecule has 4 nitrogen and oxygen atoms in total. The molecule has 2 aliphatic rings. The van der Waals surface area contributed by atoms with Crippen molar-refractivity contribution >= 4 is 11.7 Å². The number of anilines is 1. The Morgan fingerprint density at radius 3 is 3.00 bits per heavy atom. The van der Waals surface area contributed by atoms with Gasteiger partial charge in [0.1, 0.15) is 6.04 Å². The average Bonchev–Trinajstić information content (AvgIpc) is 3.04. The van der Waals surface area contributed by atoms with Crippen LogP contribution in [0.1, 0.15) is 25.7 Å². The molecule has 1 aromatic rings. The fourth-order valence-electron chi connectivity index (χ4n) is 2.41. The quantitative estimate of drug-likeness (QED) is 0.882. The van der Waals surface area contributed by atoms with E-state index in [-0.39, 0.29) is 17.8 Å². The van der Waals surface area contributed by atoms with Crippen LogP contribution in [0.3, 0.4) is 0 Å².